The molecular weight excluding hydrogens is 779 g/mol. The third kappa shape index (κ3) is 4.31. The van der Waals surface area contributed by atoms with Crippen LogP contribution in [0.15, 0.2) is 212 Å². The third-order valence-corrected chi connectivity index (χ3v) is 15.7. The van der Waals surface area contributed by atoms with E-state index in [1.54, 1.807) is 0 Å². The van der Waals surface area contributed by atoms with Gasteiger partial charge in [-0.2, -0.15) is 0 Å². The lowest BCUT2D eigenvalue weighted by molar-refractivity contribution is 0.795. The number of benzene rings is 11. The summed E-state index contributed by atoms with van der Waals surface area (Å²) >= 11 is 1.87. The number of fused-ring (bicyclic) bond motifs is 22. The van der Waals surface area contributed by atoms with Crippen LogP contribution < -0.4 is 0 Å². The fraction of sp³-hybridized carbons (Fsp3) is 0.0164. The highest BCUT2D eigenvalue weighted by molar-refractivity contribution is 7.25. The van der Waals surface area contributed by atoms with Crippen molar-refractivity contribution in [1.82, 2.24) is 4.57 Å². The van der Waals surface area contributed by atoms with Crippen LogP contribution in [0, 0.1) is 0 Å². The Morgan fingerprint density at radius 2 is 0.794 bits per heavy atom. The number of rotatable bonds is 2. The Kier molecular flexibility index (Phi) is 6.56. The smallest absolute Gasteiger partial charge is 0.0725 e. The van der Waals surface area contributed by atoms with Crippen LogP contribution >= 0.6 is 11.3 Å². The van der Waals surface area contributed by atoms with Crippen LogP contribution in [0.4, 0.5) is 0 Å². The standard InChI is InChI=1S/C61H35NS/c1-2-14-40-39(13-1)47-33-38(62-57-23-11-6-18-45(57)51-31-36(25-29-58(51)62)37-26-30-60-52(32-37)46-19-7-12-24-59(46)63-60)27-28-41(47)49-35-56-50(34-48(40)49)44-17-5-10-22-55(44)61(56)53-20-8-3-15-42(53)43-16-4-9-21-54(43)61/h1-35H. The molecule has 0 fully saturated rings. The van der Waals surface area contributed by atoms with Gasteiger partial charge in [0.25, 0.3) is 0 Å². The van der Waals surface area contributed by atoms with Crippen LogP contribution in [0.5, 0.6) is 0 Å². The van der Waals surface area contributed by atoms with Crippen molar-refractivity contribution in [1.29, 1.82) is 0 Å². The number of para-hydroxylation sites is 1. The van der Waals surface area contributed by atoms with Gasteiger partial charge >= 0.3 is 0 Å². The summed E-state index contributed by atoms with van der Waals surface area (Å²) in [7, 11) is 0. The van der Waals surface area contributed by atoms with Crippen LogP contribution in [-0.2, 0) is 5.41 Å². The van der Waals surface area contributed by atoms with Crippen LogP contribution in [0.25, 0.3) is 113 Å². The lowest BCUT2D eigenvalue weighted by atomic mass is 9.70. The average Bonchev–Trinajstić information content (AvgIpc) is 4.07. The maximum absolute atomic E-state index is 2.57. The van der Waals surface area contributed by atoms with Crippen molar-refractivity contribution < 1.29 is 0 Å². The van der Waals surface area contributed by atoms with E-state index in [2.05, 4.69) is 217 Å². The highest BCUT2D eigenvalue weighted by Gasteiger charge is 2.51. The largest absolute Gasteiger partial charge is 0.309 e. The molecule has 1 nitrogen and oxygen atoms in total. The van der Waals surface area contributed by atoms with Gasteiger partial charge in [-0.15, -0.1) is 11.3 Å². The molecule has 2 heteroatoms. The molecule has 2 aromatic heterocycles. The fourth-order valence-corrected chi connectivity index (χ4v) is 13.1. The van der Waals surface area contributed by atoms with E-state index in [1.807, 2.05) is 11.3 Å². The first-order valence-electron chi connectivity index (χ1n) is 21.9. The van der Waals surface area contributed by atoms with Crippen molar-refractivity contribution in [3.63, 3.8) is 0 Å². The molecule has 1 spiro atoms. The summed E-state index contributed by atoms with van der Waals surface area (Å²) in [5, 5.41) is 12.9. The first kappa shape index (κ1) is 33.9. The molecule has 0 amide bonds. The second-order valence-electron chi connectivity index (χ2n) is 17.5. The monoisotopic (exact) mass is 813 g/mol. The summed E-state index contributed by atoms with van der Waals surface area (Å²) in [5.74, 6) is 0. The predicted octanol–water partition coefficient (Wildman–Crippen LogP) is 16.6. The molecule has 0 N–H and O–H groups in total. The minimum atomic E-state index is -0.393. The lowest BCUT2D eigenvalue weighted by Gasteiger charge is -2.30. The maximum Gasteiger partial charge on any atom is 0.0725 e. The lowest BCUT2D eigenvalue weighted by Crippen LogP contribution is -2.25. The van der Waals surface area contributed by atoms with Crippen molar-refractivity contribution >= 4 is 85.6 Å². The van der Waals surface area contributed by atoms with Crippen molar-refractivity contribution in [3.8, 4) is 39.1 Å². The average molecular weight is 814 g/mol. The number of nitrogens with zero attached hydrogens (tertiary/aromatic N) is 1. The second-order valence-corrected chi connectivity index (χ2v) is 18.6. The SMILES string of the molecule is c1ccc2c(c1)-c1ccccc1C21c2ccccc2-c2cc3c4ccccc4c4cc(-n5c6ccccc6c6cc(-c7ccc8sc9ccccc9c8c7)ccc65)ccc4c3cc21. The minimum Gasteiger partial charge on any atom is -0.309 e. The molecular formula is C61H35NS. The van der Waals surface area contributed by atoms with Gasteiger partial charge in [0.15, 0.2) is 0 Å². The van der Waals surface area contributed by atoms with Gasteiger partial charge in [0.1, 0.15) is 0 Å². The molecule has 2 aliphatic rings. The van der Waals surface area contributed by atoms with Gasteiger partial charge in [-0.25, -0.2) is 0 Å². The summed E-state index contributed by atoms with van der Waals surface area (Å²) in [5.41, 5.74) is 16.5. The summed E-state index contributed by atoms with van der Waals surface area (Å²) in [6.07, 6.45) is 0. The zero-order valence-corrected chi connectivity index (χ0v) is 34.9. The van der Waals surface area contributed by atoms with Crippen molar-refractivity contribution in [2.45, 2.75) is 5.41 Å². The van der Waals surface area contributed by atoms with Gasteiger partial charge in [-0.3, -0.25) is 0 Å². The van der Waals surface area contributed by atoms with Crippen LogP contribution in [0.1, 0.15) is 22.3 Å². The first-order valence-corrected chi connectivity index (χ1v) is 22.7. The van der Waals surface area contributed by atoms with Crippen molar-refractivity contribution in [2.75, 3.05) is 0 Å². The molecule has 2 heterocycles. The highest BCUT2D eigenvalue weighted by atomic mass is 32.1. The molecule has 0 radical (unpaired) electrons. The Morgan fingerprint density at radius 1 is 0.286 bits per heavy atom. The molecule has 0 bridgehead atoms. The molecule has 0 atom stereocenters. The van der Waals surface area contributed by atoms with E-state index in [9.17, 15) is 0 Å². The van der Waals surface area contributed by atoms with E-state index in [4.69, 9.17) is 0 Å². The van der Waals surface area contributed by atoms with Crippen LogP contribution in [0.2, 0.25) is 0 Å². The van der Waals surface area contributed by atoms with Gasteiger partial charge in [0.2, 0.25) is 0 Å². The normalized spacial score (nSPS) is 13.5. The molecule has 2 aliphatic carbocycles. The van der Waals surface area contributed by atoms with E-state index in [0.717, 1.165) is 0 Å². The molecule has 0 aliphatic heterocycles. The Hall–Kier alpha value is -7.78. The van der Waals surface area contributed by atoms with E-state index in [-0.39, 0.29) is 0 Å². The Bertz CT molecular complexity index is 4110. The molecule has 11 aromatic carbocycles. The zero-order valence-electron chi connectivity index (χ0n) is 34.1. The van der Waals surface area contributed by atoms with Gasteiger partial charge < -0.3 is 4.57 Å². The minimum absolute atomic E-state index is 0.393. The number of thiophene rings is 1. The number of hydrogen-bond donors (Lipinski definition) is 0. The summed E-state index contributed by atoms with van der Waals surface area (Å²) in [6.45, 7) is 0. The second kappa shape index (κ2) is 12.2. The van der Waals surface area contributed by atoms with Crippen LogP contribution in [-0.4, -0.2) is 4.57 Å². The Labute approximate surface area is 367 Å². The first-order chi connectivity index (χ1) is 31.2. The van der Waals surface area contributed by atoms with Crippen molar-refractivity contribution in [2.24, 2.45) is 0 Å². The molecule has 63 heavy (non-hydrogen) atoms. The molecule has 0 unspecified atom stereocenters. The van der Waals surface area contributed by atoms with Crippen LogP contribution in [0.3, 0.4) is 0 Å². The third-order valence-electron chi connectivity index (χ3n) is 14.6. The van der Waals surface area contributed by atoms with E-state index < -0.39 is 5.41 Å². The topological polar surface area (TPSA) is 4.93 Å². The van der Waals surface area contributed by atoms with Crippen molar-refractivity contribution in [3.05, 3.63) is 235 Å². The van der Waals surface area contributed by atoms with E-state index in [1.165, 1.54) is 136 Å². The molecule has 13 aromatic rings. The quantitative estimate of drug-likeness (QED) is 0.153. The van der Waals surface area contributed by atoms with E-state index >= 15 is 0 Å². The molecule has 0 saturated heterocycles. The Balaban J connectivity index is 0.970. The number of hydrogen-bond acceptors (Lipinski definition) is 1. The van der Waals surface area contributed by atoms with Gasteiger partial charge in [-0.05, 0) is 149 Å². The highest BCUT2D eigenvalue weighted by Crippen LogP contribution is 2.63. The fourth-order valence-electron chi connectivity index (χ4n) is 12.0. The maximum atomic E-state index is 2.57. The van der Waals surface area contributed by atoms with Gasteiger partial charge in [-0.1, -0.05) is 152 Å². The number of aromatic nitrogens is 1. The summed E-state index contributed by atoms with van der Waals surface area (Å²) < 4.78 is 5.14. The molecule has 15 rings (SSSR count). The van der Waals surface area contributed by atoms with Gasteiger partial charge in [0.05, 0.1) is 16.4 Å². The van der Waals surface area contributed by atoms with E-state index in [0.29, 0.717) is 0 Å². The summed E-state index contributed by atoms with van der Waals surface area (Å²) in [6, 6.07) is 80.3. The van der Waals surface area contributed by atoms with Gasteiger partial charge in [0, 0.05) is 36.6 Å². The zero-order chi connectivity index (χ0) is 41.0. The molecule has 0 saturated carbocycles. The molecule has 290 valence electrons. The predicted molar refractivity (Wildman–Crippen MR) is 268 cm³/mol. The summed E-state index contributed by atoms with van der Waals surface area (Å²) in [4.78, 5) is 0. The Morgan fingerprint density at radius 3 is 1.52 bits per heavy atom.